The summed E-state index contributed by atoms with van der Waals surface area (Å²) in [7, 11) is 0. The molecule has 0 atom stereocenters. The van der Waals surface area contributed by atoms with Crippen molar-refractivity contribution in [1.29, 1.82) is 0 Å². The number of hydrogen-bond acceptors (Lipinski definition) is 1. The van der Waals surface area contributed by atoms with Crippen LogP contribution < -0.4 is 0 Å². The molecule has 0 fully saturated rings. The zero-order chi connectivity index (χ0) is 10.1. The Bertz CT molecular complexity index is 332. The lowest BCUT2D eigenvalue weighted by molar-refractivity contribution is -0.111. The van der Waals surface area contributed by atoms with Gasteiger partial charge in [-0.25, -0.2) is 8.78 Å². The molecule has 1 aromatic carbocycles. The quantitative estimate of drug-likeness (QED) is 0.645. The molecule has 1 nitrogen and oxygen atoms in total. The Morgan fingerprint density at radius 3 is 2.46 bits per heavy atom. The van der Waals surface area contributed by atoms with E-state index in [4.69, 9.17) is 0 Å². The predicted molar refractivity (Wildman–Crippen MR) is 45.4 cm³/mol. The predicted octanol–water partition coefficient (Wildman–Crippen LogP) is 2.44. The van der Waals surface area contributed by atoms with E-state index in [0.717, 1.165) is 18.2 Å². The van der Waals surface area contributed by atoms with Gasteiger partial charge in [0.1, 0.15) is 17.9 Å². The molecule has 0 amide bonds. The maximum atomic E-state index is 13.1. The Hall–Kier alpha value is -1.25. The number of carbonyl (C=O) groups is 1. The van der Waals surface area contributed by atoms with Crippen LogP contribution in [0.4, 0.5) is 8.78 Å². The van der Waals surface area contributed by atoms with Gasteiger partial charge < -0.3 is 4.79 Å². The second-order valence-electron chi connectivity index (χ2n) is 3.46. The van der Waals surface area contributed by atoms with Gasteiger partial charge in [-0.1, -0.05) is 0 Å². The Balaban J connectivity index is 3.28. The molecule has 13 heavy (non-hydrogen) atoms. The highest BCUT2D eigenvalue weighted by Crippen LogP contribution is 2.24. The van der Waals surface area contributed by atoms with Crippen molar-refractivity contribution in [3.8, 4) is 0 Å². The molecule has 0 radical (unpaired) electrons. The van der Waals surface area contributed by atoms with Crippen molar-refractivity contribution in [2.75, 3.05) is 0 Å². The van der Waals surface area contributed by atoms with Gasteiger partial charge in [0, 0.05) is 11.0 Å². The van der Waals surface area contributed by atoms with Crippen LogP contribution in [0.15, 0.2) is 18.2 Å². The van der Waals surface area contributed by atoms with Crippen LogP contribution in [0.1, 0.15) is 19.4 Å². The zero-order valence-electron chi connectivity index (χ0n) is 7.47. The average Bonchev–Trinajstić information content (AvgIpc) is 2.09. The average molecular weight is 184 g/mol. The highest BCUT2D eigenvalue weighted by Gasteiger charge is 2.23. The van der Waals surface area contributed by atoms with Gasteiger partial charge in [-0.15, -0.1) is 0 Å². The first kappa shape index (κ1) is 9.84. The van der Waals surface area contributed by atoms with Crippen molar-refractivity contribution in [2.24, 2.45) is 0 Å². The molecule has 0 aromatic heterocycles. The normalized spacial score (nSPS) is 11.4. The van der Waals surface area contributed by atoms with E-state index in [-0.39, 0.29) is 5.56 Å². The van der Waals surface area contributed by atoms with Crippen molar-refractivity contribution < 1.29 is 13.6 Å². The molecule has 0 N–H and O–H groups in total. The summed E-state index contributed by atoms with van der Waals surface area (Å²) in [5.74, 6) is -1.09. The molecule has 1 rings (SSSR count). The van der Waals surface area contributed by atoms with Crippen LogP contribution >= 0.6 is 0 Å². The molecule has 0 aliphatic heterocycles. The number of carbonyl (C=O) groups excluding carboxylic acids is 1. The third kappa shape index (κ3) is 1.91. The molecule has 0 heterocycles. The zero-order valence-corrected chi connectivity index (χ0v) is 7.47. The highest BCUT2D eigenvalue weighted by atomic mass is 19.1. The van der Waals surface area contributed by atoms with Crippen LogP contribution in [0.5, 0.6) is 0 Å². The van der Waals surface area contributed by atoms with E-state index in [2.05, 4.69) is 0 Å². The summed E-state index contributed by atoms with van der Waals surface area (Å²) >= 11 is 0. The fraction of sp³-hybridized carbons (Fsp3) is 0.300. The number of aldehydes is 1. The first-order chi connectivity index (χ1) is 5.97. The third-order valence-corrected chi connectivity index (χ3v) is 1.92. The van der Waals surface area contributed by atoms with E-state index in [1.165, 1.54) is 13.8 Å². The number of halogens is 2. The lowest BCUT2D eigenvalue weighted by Gasteiger charge is -2.17. The van der Waals surface area contributed by atoms with Crippen molar-refractivity contribution in [1.82, 2.24) is 0 Å². The third-order valence-electron chi connectivity index (χ3n) is 1.92. The van der Waals surface area contributed by atoms with E-state index < -0.39 is 17.0 Å². The Kier molecular flexibility index (Phi) is 2.45. The summed E-state index contributed by atoms with van der Waals surface area (Å²) in [5.41, 5.74) is -0.894. The molecule has 0 unspecified atom stereocenters. The van der Waals surface area contributed by atoms with Crippen LogP contribution in [-0.2, 0) is 10.2 Å². The lowest BCUT2D eigenvalue weighted by Crippen LogP contribution is -2.20. The Morgan fingerprint density at radius 1 is 1.31 bits per heavy atom. The van der Waals surface area contributed by atoms with Gasteiger partial charge in [-0.05, 0) is 32.0 Å². The fourth-order valence-electron chi connectivity index (χ4n) is 1.05. The number of benzene rings is 1. The van der Waals surface area contributed by atoms with Gasteiger partial charge in [0.25, 0.3) is 0 Å². The van der Waals surface area contributed by atoms with Crippen molar-refractivity contribution in [2.45, 2.75) is 19.3 Å². The summed E-state index contributed by atoms with van der Waals surface area (Å²) in [6.07, 6.45) is 0.602. The van der Waals surface area contributed by atoms with Gasteiger partial charge >= 0.3 is 0 Å². The summed E-state index contributed by atoms with van der Waals surface area (Å²) in [5, 5.41) is 0. The van der Waals surface area contributed by atoms with Crippen LogP contribution in [0.25, 0.3) is 0 Å². The second kappa shape index (κ2) is 3.24. The van der Waals surface area contributed by atoms with Gasteiger partial charge in [0.2, 0.25) is 0 Å². The van der Waals surface area contributed by atoms with E-state index in [1.54, 1.807) is 0 Å². The molecule has 0 spiro atoms. The fourth-order valence-corrected chi connectivity index (χ4v) is 1.05. The topological polar surface area (TPSA) is 17.1 Å². The first-order valence-corrected chi connectivity index (χ1v) is 3.89. The summed E-state index contributed by atoms with van der Waals surface area (Å²) in [6, 6.07) is 3.10. The van der Waals surface area contributed by atoms with Gasteiger partial charge in [-0.3, -0.25) is 0 Å². The van der Waals surface area contributed by atoms with Crippen molar-refractivity contribution in [3.63, 3.8) is 0 Å². The molecule has 70 valence electrons. The maximum Gasteiger partial charge on any atom is 0.130 e. The Morgan fingerprint density at radius 2 is 1.92 bits per heavy atom. The molecular weight excluding hydrogens is 174 g/mol. The number of hydrogen-bond donors (Lipinski definition) is 0. The molecule has 0 saturated heterocycles. The summed E-state index contributed by atoms with van der Waals surface area (Å²) in [4.78, 5) is 10.6. The van der Waals surface area contributed by atoms with Gasteiger partial charge in [0.05, 0.1) is 0 Å². The molecule has 1 aromatic rings. The molecule has 3 heteroatoms. The van der Waals surface area contributed by atoms with E-state index in [9.17, 15) is 13.6 Å². The van der Waals surface area contributed by atoms with Crippen LogP contribution in [0, 0.1) is 11.6 Å². The summed E-state index contributed by atoms with van der Waals surface area (Å²) in [6.45, 7) is 3.08. The standard InChI is InChI=1S/C10H10F2O/c1-10(2,6-13)8-5-7(11)3-4-9(8)12/h3-6H,1-2H3. The Labute approximate surface area is 75.4 Å². The second-order valence-corrected chi connectivity index (χ2v) is 3.46. The molecule has 0 saturated carbocycles. The highest BCUT2D eigenvalue weighted by molar-refractivity contribution is 5.67. The van der Waals surface area contributed by atoms with Crippen LogP contribution in [-0.4, -0.2) is 6.29 Å². The van der Waals surface area contributed by atoms with E-state index in [1.807, 2.05) is 0 Å². The summed E-state index contributed by atoms with van der Waals surface area (Å²) < 4.78 is 25.9. The monoisotopic (exact) mass is 184 g/mol. The number of rotatable bonds is 2. The van der Waals surface area contributed by atoms with E-state index in [0.29, 0.717) is 6.29 Å². The van der Waals surface area contributed by atoms with Crippen LogP contribution in [0.2, 0.25) is 0 Å². The molecule has 0 aliphatic rings. The minimum absolute atomic E-state index is 0.0856. The first-order valence-electron chi connectivity index (χ1n) is 3.89. The SMILES string of the molecule is CC(C)(C=O)c1cc(F)ccc1F. The van der Waals surface area contributed by atoms with E-state index >= 15 is 0 Å². The lowest BCUT2D eigenvalue weighted by atomic mass is 9.86. The van der Waals surface area contributed by atoms with Crippen molar-refractivity contribution in [3.05, 3.63) is 35.4 Å². The van der Waals surface area contributed by atoms with Crippen LogP contribution in [0.3, 0.4) is 0 Å². The maximum absolute atomic E-state index is 13.1. The van der Waals surface area contributed by atoms with Gasteiger partial charge in [-0.2, -0.15) is 0 Å². The molecule has 0 bridgehead atoms. The molecule has 0 aliphatic carbocycles. The minimum Gasteiger partial charge on any atom is -0.302 e. The molecular formula is C10H10F2O. The minimum atomic E-state index is -0.980. The largest absolute Gasteiger partial charge is 0.302 e. The van der Waals surface area contributed by atoms with Gasteiger partial charge in [0.15, 0.2) is 0 Å². The van der Waals surface area contributed by atoms with Crippen molar-refractivity contribution >= 4 is 6.29 Å². The smallest absolute Gasteiger partial charge is 0.130 e.